The van der Waals surface area contributed by atoms with Gasteiger partial charge in [-0.05, 0) is 36.4 Å². The Hall–Kier alpha value is -1.50. The molecule has 0 radical (unpaired) electrons. The number of nitrogens with two attached hydrogens (primary N) is 1. The minimum atomic E-state index is -0.179. The lowest BCUT2D eigenvalue weighted by Crippen LogP contribution is -2.45. The number of nitrogens with zero attached hydrogens (tertiary/aromatic N) is 2. The van der Waals surface area contributed by atoms with Crippen molar-refractivity contribution in [3.8, 4) is 0 Å². The van der Waals surface area contributed by atoms with E-state index in [1.54, 1.807) is 12.1 Å². The Morgan fingerprint density at radius 3 is 2.07 bits per heavy atom. The highest BCUT2D eigenvalue weighted by molar-refractivity contribution is 6.07. The van der Waals surface area contributed by atoms with E-state index in [1.165, 1.54) is 5.56 Å². The summed E-state index contributed by atoms with van der Waals surface area (Å²) in [4.78, 5) is 17.2. The van der Waals surface area contributed by atoms with E-state index in [0.717, 1.165) is 45.0 Å². The zero-order chi connectivity index (χ0) is 17.6. The van der Waals surface area contributed by atoms with E-state index in [-0.39, 0.29) is 43.1 Å². The molecule has 1 aliphatic rings. The number of halogens is 3. The number of rotatable bonds is 5. The molecule has 0 unspecified atom stereocenters. The van der Waals surface area contributed by atoms with E-state index in [4.69, 9.17) is 5.73 Å². The van der Waals surface area contributed by atoms with Crippen LogP contribution in [-0.2, 0) is 6.54 Å². The van der Waals surface area contributed by atoms with Gasteiger partial charge in [0.1, 0.15) is 0 Å². The SMILES string of the molecule is CCN1CCN(Cc2ccc(NC(=O)c3ccccc3N)cc2)CC1.Cl.Cl.Cl. The number of nitrogen functional groups attached to an aromatic ring is 1. The minimum absolute atomic E-state index is 0. The molecule has 1 fully saturated rings. The number of hydrogen-bond acceptors (Lipinski definition) is 4. The van der Waals surface area contributed by atoms with Crippen molar-refractivity contribution in [1.29, 1.82) is 0 Å². The number of carbonyl (C=O) groups is 1. The van der Waals surface area contributed by atoms with Crippen molar-refractivity contribution in [2.45, 2.75) is 13.5 Å². The molecular formula is C20H29Cl3N4O. The smallest absolute Gasteiger partial charge is 0.257 e. The molecule has 3 rings (SSSR count). The van der Waals surface area contributed by atoms with Crippen LogP contribution in [0.5, 0.6) is 0 Å². The monoisotopic (exact) mass is 446 g/mol. The fraction of sp³-hybridized carbons (Fsp3) is 0.350. The van der Waals surface area contributed by atoms with Gasteiger partial charge in [-0.15, -0.1) is 37.2 Å². The first-order chi connectivity index (χ1) is 12.2. The molecule has 3 N–H and O–H groups in total. The van der Waals surface area contributed by atoms with E-state index in [0.29, 0.717) is 11.3 Å². The molecule has 2 aromatic carbocycles. The van der Waals surface area contributed by atoms with Gasteiger partial charge in [-0.2, -0.15) is 0 Å². The van der Waals surface area contributed by atoms with Gasteiger partial charge in [0.25, 0.3) is 5.91 Å². The predicted molar refractivity (Wildman–Crippen MR) is 124 cm³/mol. The molecule has 8 heteroatoms. The van der Waals surface area contributed by atoms with Gasteiger partial charge in [-0.3, -0.25) is 9.69 Å². The topological polar surface area (TPSA) is 61.6 Å². The van der Waals surface area contributed by atoms with Crippen molar-refractivity contribution in [3.63, 3.8) is 0 Å². The van der Waals surface area contributed by atoms with E-state index in [1.807, 2.05) is 24.3 Å². The maximum absolute atomic E-state index is 12.3. The lowest BCUT2D eigenvalue weighted by Gasteiger charge is -2.34. The van der Waals surface area contributed by atoms with Crippen molar-refractivity contribution >= 4 is 54.5 Å². The van der Waals surface area contributed by atoms with Gasteiger partial charge in [0.2, 0.25) is 0 Å². The highest BCUT2D eigenvalue weighted by Crippen LogP contribution is 2.16. The molecular weight excluding hydrogens is 419 g/mol. The van der Waals surface area contributed by atoms with Crippen LogP contribution in [0.4, 0.5) is 11.4 Å². The molecule has 28 heavy (non-hydrogen) atoms. The maximum atomic E-state index is 12.3. The lowest BCUT2D eigenvalue weighted by molar-refractivity contribution is 0.102. The van der Waals surface area contributed by atoms with Gasteiger partial charge >= 0.3 is 0 Å². The van der Waals surface area contributed by atoms with Gasteiger partial charge in [-0.1, -0.05) is 31.2 Å². The molecule has 1 saturated heterocycles. The maximum Gasteiger partial charge on any atom is 0.257 e. The minimum Gasteiger partial charge on any atom is -0.398 e. The largest absolute Gasteiger partial charge is 0.398 e. The van der Waals surface area contributed by atoms with Gasteiger partial charge < -0.3 is 16.0 Å². The third-order valence-corrected chi connectivity index (χ3v) is 4.74. The van der Waals surface area contributed by atoms with E-state index in [9.17, 15) is 4.79 Å². The zero-order valence-electron chi connectivity index (χ0n) is 16.0. The summed E-state index contributed by atoms with van der Waals surface area (Å²) in [6, 6.07) is 15.2. The Morgan fingerprint density at radius 2 is 1.50 bits per heavy atom. The van der Waals surface area contributed by atoms with Crippen molar-refractivity contribution in [1.82, 2.24) is 9.80 Å². The van der Waals surface area contributed by atoms with E-state index >= 15 is 0 Å². The number of likely N-dealkylation sites (N-methyl/N-ethyl adjacent to an activating group) is 1. The van der Waals surface area contributed by atoms with Crippen molar-refractivity contribution in [2.75, 3.05) is 43.8 Å². The molecule has 1 amide bonds. The molecule has 0 aromatic heterocycles. The fourth-order valence-corrected chi connectivity index (χ4v) is 3.12. The van der Waals surface area contributed by atoms with Crippen LogP contribution in [0.2, 0.25) is 0 Å². The van der Waals surface area contributed by atoms with E-state index in [2.05, 4.69) is 34.2 Å². The molecule has 0 aliphatic carbocycles. The van der Waals surface area contributed by atoms with Crippen molar-refractivity contribution in [2.24, 2.45) is 0 Å². The van der Waals surface area contributed by atoms with Crippen LogP contribution in [0.15, 0.2) is 48.5 Å². The standard InChI is InChI=1S/C20H26N4O.3ClH/c1-2-23-11-13-24(14-12-23)15-16-7-9-17(10-8-16)22-20(25)18-5-3-4-6-19(18)21;;;/h3-10H,2,11-15,21H2,1H3,(H,22,25);3*1H. The van der Waals surface area contributed by atoms with Crippen LogP contribution >= 0.6 is 37.2 Å². The summed E-state index contributed by atoms with van der Waals surface area (Å²) < 4.78 is 0. The Bertz CT molecular complexity index is 720. The number of piperazine rings is 1. The van der Waals surface area contributed by atoms with E-state index < -0.39 is 0 Å². The third kappa shape index (κ3) is 7.15. The second kappa shape index (κ2) is 12.9. The summed E-state index contributed by atoms with van der Waals surface area (Å²) in [6.07, 6.45) is 0. The zero-order valence-corrected chi connectivity index (χ0v) is 18.4. The molecule has 0 bridgehead atoms. The molecule has 0 spiro atoms. The number of amides is 1. The molecule has 156 valence electrons. The Kier molecular flexibility index (Phi) is 12.2. The summed E-state index contributed by atoms with van der Waals surface area (Å²) in [6.45, 7) is 8.81. The number of benzene rings is 2. The number of hydrogen-bond donors (Lipinski definition) is 2. The van der Waals surface area contributed by atoms with Gasteiger partial charge in [-0.25, -0.2) is 0 Å². The van der Waals surface area contributed by atoms with Crippen LogP contribution in [0, 0.1) is 0 Å². The molecule has 0 atom stereocenters. The van der Waals surface area contributed by atoms with Crippen molar-refractivity contribution in [3.05, 3.63) is 59.7 Å². The number of carbonyl (C=O) groups excluding carboxylic acids is 1. The van der Waals surface area contributed by atoms with Crippen LogP contribution in [0.1, 0.15) is 22.8 Å². The number of para-hydroxylation sites is 1. The Balaban J connectivity index is 0.00000243. The van der Waals surface area contributed by atoms with Gasteiger partial charge in [0.15, 0.2) is 0 Å². The lowest BCUT2D eigenvalue weighted by atomic mass is 10.1. The molecule has 5 nitrogen and oxygen atoms in total. The average molecular weight is 448 g/mol. The van der Waals surface area contributed by atoms with Crippen LogP contribution < -0.4 is 11.1 Å². The van der Waals surface area contributed by atoms with Crippen LogP contribution in [0.3, 0.4) is 0 Å². The number of nitrogens with one attached hydrogen (secondary N) is 1. The number of anilines is 2. The quantitative estimate of drug-likeness (QED) is 0.682. The predicted octanol–water partition coefficient (Wildman–Crippen LogP) is 3.92. The molecule has 0 saturated carbocycles. The summed E-state index contributed by atoms with van der Waals surface area (Å²) in [5.74, 6) is -0.179. The molecule has 2 aromatic rings. The summed E-state index contributed by atoms with van der Waals surface area (Å²) >= 11 is 0. The molecule has 1 aliphatic heterocycles. The first-order valence-corrected chi connectivity index (χ1v) is 8.85. The highest BCUT2D eigenvalue weighted by atomic mass is 35.5. The Labute approximate surface area is 185 Å². The summed E-state index contributed by atoms with van der Waals surface area (Å²) in [7, 11) is 0. The second-order valence-electron chi connectivity index (χ2n) is 6.45. The Morgan fingerprint density at radius 1 is 0.929 bits per heavy atom. The first-order valence-electron chi connectivity index (χ1n) is 8.85. The van der Waals surface area contributed by atoms with Crippen LogP contribution in [-0.4, -0.2) is 48.4 Å². The molecule has 1 heterocycles. The normalized spacial score (nSPS) is 14.2. The second-order valence-corrected chi connectivity index (χ2v) is 6.45. The van der Waals surface area contributed by atoms with Gasteiger partial charge in [0, 0.05) is 44.1 Å². The fourth-order valence-electron chi connectivity index (χ4n) is 3.12. The van der Waals surface area contributed by atoms with Crippen LogP contribution in [0.25, 0.3) is 0 Å². The summed E-state index contributed by atoms with van der Waals surface area (Å²) in [5.41, 5.74) is 8.89. The highest BCUT2D eigenvalue weighted by Gasteiger charge is 2.15. The summed E-state index contributed by atoms with van der Waals surface area (Å²) in [5, 5.41) is 2.90. The third-order valence-electron chi connectivity index (χ3n) is 4.74. The van der Waals surface area contributed by atoms with Gasteiger partial charge in [0.05, 0.1) is 5.56 Å². The average Bonchev–Trinajstić information content (AvgIpc) is 2.64. The van der Waals surface area contributed by atoms with Crippen molar-refractivity contribution < 1.29 is 4.79 Å². The first kappa shape index (κ1) is 26.5.